The molecule has 6 nitrogen and oxygen atoms in total. The van der Waals surface area contributed by atoms with Crippen molar-refractivity contribution in [1.82, 2.24) is 24.8 Å². The summed E-state index contributed by atoms with van der Waals surface area (Å²) in [6, 6.07) is 6.09. The number of aromatic amines is 1. The lowest BCUT2D eigenvalue weighted by molar-refractivity contribution is -0.121. The maximum absolute atomic E-state index is 11.8. The maximum atomic E-state index is 11.8. The van der Waals surface area contributed by atoms with Crippen LogP contribution in [-0.4, -0.2) is 32.0 Å². The number of aryl methyl sites for hydroxylation is 2. The number of carbonyl (C=O) groups excluding carboxylic acids is 1. The molecule has 0 radical (unpaired) electrons. The molecule has 0 aliphatic carbocycles. The average Bonchev–Trinajstić information content (AvgIpc) is 3.17. The van der Waals surface area contributed by atoms with Gasteiger partial charge >= 0.3 is 0 Å². The van der Waals surface area contributed by atoms with Gasteiger partial charge in [-0.05, 0) is 25.0 Å². The molecule has 0 spiro atoms. The minimum atomic E-state index is 0.0809. The molecular formula is C17H21N5O. The van der Waals surface area contributed by atoms with E-state index in [2.05, 4.69) is 33.3 Å². The number of aromatic nitrogens is 4. The van der Waals surface area contributed by atoms with E-state index in [1.807, 2.05) is 22.9 Å². The van der Waals surface area contributed by atoms with Crippen LogP contribution in [0.2, 0.25) is 0 Å². The monoisotopic (exact) mass is 311 g/mol. The van der Waals surface area contributed by atoms with E-state index in [0.29, 0.717) is 19.4 Å². The molecule has 0 saturated carbocycles. The molecule has 3 aromatic rings. The van der Waals surface area contributed by atoms with Gasteiger partial charge in [-0.3, -0.25) is 4.79 Å². The Balaban J connectivity index is 1.41. The van der Waals surface area contributed by atoms with Crippen LogP contribution in [0.25, 0.3) is 11.0 Å². The van der Waals surface area contributed by atoms with E-state index in [-0.39, 0.29) is 5.91 Å². The SMILES string of the molecule is Cc1cccc2[nH]c(CCNC(=O)CCCn3ccnc3)nc12. The first-order valence-corrected chi connectivity index (χ1v) is 7.89. The molecule has 0 aliphatic rings. The molecule has 6 heteroatoms. The number of benzene rings is 1. The third kappa shape index (κ3) is 3.97. The van der Waals surface area contributed by atoms with Gasteiger partial charge in [0.15, 0.2) is 0 Å². The van der Waals surface area contributed by atoms with Crippen molar-refractivity contribution in [3.63, 3.8) is 0 Å². The Bertz CT molecular complexity index is 775. The number of amides is 1. The van der Waals surface area contributed by atoms with Crippen LogP contribution in [-0.2, 0) is 17.8 Å². The van der Waals surface area contributed by atoms with Crippen LogP contribution >= 0.6 is 0 Å². The predicted molar refractivity (Wildman–Crippen MR) is 89.0 cm³/mol. The minimum Gasteiger partial charge on any atom is -0.356 e. The number of para-hydroxylation sites is 1. The number of fused-ring (bicyclic) bond motifs is 1. The highest BCUT2D eigenvalue weighted by Crippen LogP contribution is 2.15. The summed E-state index contributed by atoms with van der Waals surface area (Å²) in [5, 5.41) is 2.95. The summed E-state index contributed by atoms with van der Waals surface area (Å²) in [4.78, 5) is 23.7. The number of imidazole rings is 2. The van der Waals surface area contributed by atoms with Crippen molar-refractivity contribution < 1.29 is 4.79 Å². The van der Waals surface area contributed by atoms with Crippen LogP contribution in [0.3, 0.4) is 0 Å². The molecule has 2 aromatic heterocycles. The molecule has 1 aromatic carbocycles. The molecule has 2 heterocycles. The molecule has 0 atom stereocenters. The summed E-state index contributed by atoms with van der Waals surface area (Å²) in [5.41, 5.74) is 3.22. The zero-order chi connectivity index (χ0) is 16.1. The Hall–Kier alpha value is -2.63. The number of nitrogens with zero attached hydrogens (tertiary/aromatic N) is 3. The Morgan fingerprint density at radius 3 is 3.09 bits per heavy atom. The Morgan fingerprint density at radius 1 is 1.39 bits per heavy atom. The lowest BCUT2D eigenvalue weighted by atomic mass is 10.2. The predicted octanol–water partition coefficient (Wildman–Crippen LogP) is 2.21. The number of rotatable bonds is 7. The third-order valence-electron chi connectivity index (χ3n) is 3.83. The number of carbonyl (C=O) groups is 1. The Labute approximate surface area is 135 Å². The Morgan fingerprint density at radius 2 is 2.30 bits per heavy atom. The van der Waals surface area contributed by atoms with Gasteiger partial charge in [0, 0.05) is 38.3 Å². The van der Waals surface area contributed by atoms with Crippen molar-refractivity contribution in [2.75, 3.05) is 6.54 Å². The van der Waals surface area contributed by atoms with Gasteiger partial charge in [-0.1, -0.05) is 12.1 Å². The number of hydrogen-bond acceptors (Lipinski definition) is 3. The second-order valence-electron chi connectivity index (χ2n) is 5.66. The first kappa shape index (κ1) is 15.3. The van der Waals surface area contributed by atoms with Gasteiger partial charge in [0.05, 0.1) is 17.4 Å². The van der Waals surface area contributed by atoms with E-state index >= 15 is 0 Å². The van der Waals surface area contributed by atoms with Crippen molar-refractivity contribution in [2.45, 2.75) is 32.7 Å². The first-order valence-electron chi connectivity index (χ1n) is 7.89. The summed E-state index contributed by atoms with van der Waals surface area (Å²) in [6.45, 7) is 3.47. The summed E-state index contributed by atoms with van der Waals surface area (Å²) in [7, 11) is 0. The lowest BCUT2D eigenvalue weighted by Crippen LogP contribution is -2.25. The van der Waals surface area contributed by atoms with Gasteiger partial charge < -0.3 is 14.9 Å². The van der Waals surface area contributed by atoms with Gasteiger partial charge in [-0.25, -0.2) is 9.97 Å². The highest BCUT2D eigenvalue weighted by atomic mass is 16.1. The fraction of sp³-hybridized carbons (Fsp3) is 0.353. The summed E-state index contributed by atoms with van der Waals surface area (Å²) in [6.07, 6.45) is 7.46. The second-order valence-corrected chi connectivity index (χ2v) is 5.66. The van der Waals surface area contributed by atoms with E-state index in [0.717, 1.165) is 35.4 Å². The van der Waals surface area contributed by atoms with E-state index in [1.54, 1.807) is 12.5 Å². The zero-order valence-corrected chi connectivity index (χ0v) is 13.2. The highest BCUT2D eigenvalue weighted by molar-refractivity contribution is 5.78. The minimum absolute atomic E-state index is 0.0809. The third-order valence-corrected chi connectivity index (χ3v) is 3.83. The molecule has 0 unspecified atom stereocenters. The van der Waals surface area contributed by atoms with Gasteiger partial charge in [0.2, 0.25) is 5.91 Å². The van der Waals surface area contributed by atoms with Gasteiger partial charge in [0.25, 0.3) is 0 Å². The highest BCUT2D eigenvalue weighted by Gasteiger charge is 2.06. The molecule has 0 bridgehead atoms. The number of nitrogens with one attached hydrogen (secondary N) is 2. The fourth-order valence-corrected chi connectivity index (χ4v) is 2.59. The molecule has 0 fully saturated rings. The van der Waals surface area contributed by atoms with Crippen LogP contribution in [0.4, 0.5) is 0 Å². The standard InChI is InChI=1S/C17H21N5O/c1-13-4-2-5-14-17(13)21-15(20-14)7-8-19-16(23)6-3-10-22-11-9-18-12-22/h2,4-5,9,11-12H,3,6-8,10H2,1H3,(H,19,23)(H,20,21). The molecule has 0 saturated heterocycles. The van der Waals surface area contributed by atoms with E-state index < -0.39 is 0 Å². The van der Waals surface area contributed by atoms with Crippen LogP contribution in [0.15, 0.2) is 36.9 Å². The normalized spacial score (nSPS) is 11.0. The molecule has 1 amide bonds. The van der Waals surface area contributed by atoms with Crippen molar-refractivity contribution in [3.05, 3.63) is 48.3 Å². The van der Waals surface area contributed by atoms with E-state index in [4.69, 9.17) is 0 Å². The number of H-pyrrole nitrogens is 1. The van der Waals surface area contributed by atoms with Crippen molar-refractivity contribution in [3.8, 4) is 0 Å². The van der Waals surface area contributed by atoms with Gasteiger partial charge in [-0.2, -0.15) is 0 Å². The Kier molecular flexibility index (Phi) is 4.71. The van der Waals surface area contributed by atoms with Crippen molar-refractivity contribution in [1.29, 1.82) is 0 Å². The van der Waals surface area contributed by atoms with Crippen LogP contribution in [0.1, 0.15) is 24.2 Å². The van der Waals surface area contributed by atoms with Gasteiger partial charge in [-0.15, -0.1) is 0 Å². The largest absolute Gasteiger partial charge is 0.356 e. The molecular weight excluding hydrogens is 290 g/mol. The summed E-state index contributed by atoms with van der Waals surface area (Å²) < 4.78 is 1.98. The van der Waals surface area contributed by atoms with Gasteiger partial charge in [0.1, 0.15) is 5.82 Å². The summed E-state index contributed by atoms with van der Waals surface area (Å²) >= 11 is 0. The second kappa shape index (κ2) is 7.09. The van der Waals surface area contributed by atoms with Crippen LogP contribution in [0, 0.1) is 6.92 Å². The topological polar surface area (TPSA) is 75.6 Å². The van der Waals surface area contributed by atoms with E-state index in [1.165, 1.54) is 0 Å². The fourth-order valence-electron chi connectivity index (χ4n) is 2.59. The average molecular weight is 311 g/mol. The number of hydrogen-bond donors (Lipinski definition) is 2. The molecule has 3 rings (SSSR count). The molecule has 2 N–H and O–H groups in total. The zero-order valence-electron chi connectivity index (χ0n) is 13.2. The quantitative estimate of drug-likeness (QED) is 0.702. The van der Waals surface area contributed by atoms with Crippen LogP contribution in [0.5, 0.6) is 0 Å². The van der Waals surface area contributed by atoms with E-state index in [9.17, 15) is 4.79 Å². The molecule has 23 heavy (non-hydrogen) atoms. The molecule has 120 valence electrons. The van der Waals surface area contributed by atoms with Crippen molar-refractivity contribution in [2.24, 2.45) is 0 Å². The molecule has 0 aliphatic heterocycles. The smallest absolute Gasteiger partial charge is 0.220 e. The first-order chi connectivity index (χ1) is 11.2. The van der Waals surface area contributed by atoms with Crippen molar-refractivity contribution >= 4 is 16.9 Å². The summed E-state index contributed by atoms with van der Waals surface area (Å²) in [5.74, 6) is 0.991. The lowest BCUT2D eigenvalue weighted by Gasteiger charge is -2.04. The van der Waals surface area contributed by atoms with Crippen LogP contribution < -0.4 is 5.32 Å². The maximum Gasteiger partial charge on any atom is 0.220 e.